The normalized spacial score (nSPS) is 12.3. The topological polar surface area (TPSA) is 65.7 Å². The number of aromatic nitrogens is 2. The second kappa shape index (κ2) is 14.5. The molecule has 0 atom stereocenters. The lowest BCUT2D eigenvalue weighted by Crippen LogP contribution is -2.12. The number of benzene rings is 4. The van der Waals surface area contributed by atoms with E-state index in [0.29, 0.717) is 25.5 Å². The molecule has 0 saturated carbocycles. The van der Waals surface area contributed by atoms with Gasteiger partial charge in [0.25, 0.3) is 0 Å². The molecule has 4 nitrogen and oxygen atoms in total. The van der Waals surface area contributed by atoms with Crippen molar-refractivity contribution in [2.24, 2.45) is 0 Å². The molecule has 2 aromatic heterocycles. The Morgan fingerprint density at radius 3 is 1.73 bits per heavy atom. The highest BCUT2D eigenvalue weighted by Gasteiger charge is 2.23. The Bertz CT molecular complexity index is 2030. The first-order valence-electron chi connectivity index (χ1n) is 14.3. The molecule has 0 spiro atoms. The van der Waals surface area contributed by atoms with Gasteiger partial charge in [-0.1, -0.05) is 134 Å². The van der Waals surface area contributed by atoms with E-state index in [1.165, 1.54) is 23.5 Å². The summed E-state index contributed by atoms with van der Waals surface area (Å²) in [6.07, 6.45) is 0.884. The summed E-state index contributed by atoms with van der Waals surface area (Å²) in [7, 11) is 0. The summed E-state index contributed by atoms with van der Waals surface area (Å²) < 4.78 is 0. The van der Waals surface area contributed by atoms with Gasteiger partial charge in [-0.3, -0.25) is 9.59 Å². The van der Waals surface area contributed by atoms with Gasteiger partial charge in [-0.2, -0.15) is 0 Å². The van der Waals surface area contributed by atoms with Crippen LogP contribution in [-0.2, 0) is 9.59 Å². The molecular weight excluding hydrogens is 604 g/mol. The maximum Gasteiger partial charge on any atom is 0.168 e. The average molecular weight is 635 g/mol. The largest absolute Gasteiger partial charge is 0.353 e. The van der Waals surface area contributed by atoms with Gasteiger partial charge in [0.05, 0.1) is 31.9 Å². The second-order valence-electron chi connectivity index (χ2n) is 9.54. The third kappa shape index (κ3) is 6.48. The van der Waals surface area contributed by atoms with Crippen molar-refractivity contribution < 1.29 is 9.59 Å². The molecule has 0 bridgehead atoms. The number of rotatable bonds is 8. The summed E-state index contributed by atoms with van der Waals surface area (Å²) in [5, 5.41) is 3.53. The number of aromatic amines is 2. The molecule has 2 N–H and O–H groups in total. The Balaban J connectivity index is 0.00000188. The van der Waals surface area contributed by atoms with Gasteiger partial charge in [-0.15, -0.1) is 0 Å². The predicted octanol–water partition coefficient (Wildman–Crippen LogP) is 9.10. The van der Waals surface area contributed by atoms with Crippen LogP contribution in [0.1, 0.15) is 20.8 Å². The number of hydrogen-bond donors (Lipinski definition) is 2. The van der Waals surface area contributed by atoms with Gasteiger partial charge >= 0.3 is 0 Å². The molecule has 0 radical (unpaired) electrons. The maximum atomic E-state index is 13.3. The number of aldehydes is 1. The molecule has 2 heterocycles. The minimum atomic E-state index is -0.0716. The van der Waals surface area contributed by atoms with Crippen LogP contribution in [0.25, 0.3) is 43.1 Å². The van der Waals surface area contributed by atoms with E-state index in [-0.39, 0.29) is 5.78 Å². The van der Waals surface area contributed by atoms with Gasteiger partial charge in [0.1, 0.15) is 0 Å². The number of hydrogen-bond acceptors (Lipinski definition) is 4. The first-order valence-corrected chi connectivity index (χ1v) is 16.3. The molecule has 0 fully saturated rings. The van der Waals surface area contributed by atoms with Crippen molar-refractivity contribution in [2.75, 3.05) is 0 Å². The molecular formula is C37H31ClN2O2S2. The number of Topliss-reactive ketones (excluding diaryl/α,β-unsaturated/α-hetero) is 1. The number of H-pyrrole nitrogens is 2. The summed E-state index contributed by atoms with van der Waals surface area (Å²) in [5.74, 6) is -0.0716. The van der Waals surface area contributed by atoms with Crippen LogP contribution in [0.5, 0.6) is 0 Å². The van der Waals surface area contributed by atoms with Crippen LogP contribution >= 0.6 is 35.1 Å². The third-order valence-electron chi connectivity index (χ3n) is 6.79. The van der Waals surface area contributed by atoms with E-state index < -0.39 is 0 Å². The predicted molar refractivity (Wildman–Crippen MR) is 187 cm³/mol. The molecule has 0 unspecified atom stereocenters. The van der Waals surface area contributed by atoms with Crippen LogP contribution in [0.2, 0.25) is 5.02 Å². The first kappa shape index (κ1) is 31.2. The van der Waals surface area contributed by atoms with Crippen LogP contribution in [0.3, 0.4) is 0 Å². The quantitative estimate of drug-likeness (QED) is 0.129. The van der Waals surface area contributed by atoms with Crippen LogP contribution in [0.4, 0.5) is 0 Å². The number of fused-ring (bicyclic) bond motifs is 1. The van der Waals surface area contributed by atoms with Gasteiger partial charge in [-0.05, 0) is 42.8 Å². The van der Waals surface area contributed by atoms with E-state index in [4.69, 9.17) is 11.6 Å². The zero-order valence-corrected chi connectivity index (χ0v) is 26.9. The minimum Gasteiger partial charge on any atom is -0.353 e. The highest BCUT2D eigenvalue weighted by Crippen LogP contribution is 2.37. The van der Waals surface area contributed by atoms with Crippen molar-refractivity contribution in [3.63, 3.8) is 0 Å². The van der Waals surface area contributed by atoms with Gasteiger partial charge in [0.2, 0.25) is 0 Å². The molecule has 220 valence electrons. The number of halogens is 1. The van der Waals surface area contributed by atoms with Gasteiger partial charge in [0, 0.05) is 31.1 Å². The summed E-state index contributed by atoms with van der Waals surface area (Å²) in [5.41, 5.74) is 3.25. The molecule has 7 heteroatoms. The van der Waals surface area contributed by atoms with Crippen LogP contribution < -0.4 is 10.7 Å². The molecule has 0 aliphatic rings. The van der Waals surface area contributed by atoms with E-state index in [0.717, 1.165) is 49.4 Å². The molecule has 0 amide bonds. The van der Waals surface area contributed by atoms with Crippen molar-refractivity contribution >= 4 is 67.8 Å². The number of carbonyl (C=O) groups excluding carboxylic acids is 2. The Kier molecular flexibility index (Phi) is 10.3. The standard InChI is InChI=1S/C35H25ClN2O2S2.C2H6/c1-22(40)35(42-25-17-9-4-10-18-25)34-30-29(31(37-34)23-13-5-2-6-14-23)33(28(21-39)41-24-15-7-3-8-16-24)38-32(30)26-19-11-12-20-27(26)36;1-2/h2-21,37-38H,1H3;1-2H3/b33-28-,35-34-;. The van der Waals surface area contributed by atoms with Crippen LogP contribution in [0.15, 0.2) is 125 Å². The Hall–Kier alpha value is -4.23. The summed E-state index contributed by atoms with van der Waals surface area (Å²) in [6.45, 7) is 5.58. The molecule has 0 aliphatic carbocycles. The van der Waals surface area contributed by atoms with Crippen molar-refractivity contribution in [2.45, 2.75) is 30.6 Å². The van der Waals surface area contributed by atoms with Crippen molar-refractivity contribution in [1.82, 2.24) is 9.97 Å². The molecule has 0 saturated heterocycles. The van der Waals surface area contributed by atoms with Gasteiger partial charge in [-0.25, -0.2) is 0 Å². The van der Waals surface area contributed by atoms with E-state index in [9.17, 15) is 9.59 Å². The molecule has 0 aliphatic heterocycles. The zero-order chi connectivity index (χ0) is 31.1. The molecule has 6 aromatic rings. The lowest BCUT2D eigenvalue weighted by Gasteiger charge is -2.06. The van der Waals surface area contributed by atoms with Crippen molar-refractivity contribution in [3.8, 4) is 22.5 Å². The minimum absolute atomic E-state index is 0.0716. The summed E-state index contributed by atoms with van der Waals surface area (Å²) >= 11 is 9.58. The van der Waals surface area contributed by atoms with Gasteiger partial charge in [0.15, 0.2) is 12.1 Å². The van der Waals surface area contributed by atoms with Crippen molar-refractivity contribution in [3.05, 3.63) is 131 Å². The molecule has 6 rings (SSSR count). The van der Waals surface area contributed by atoms with Crippen LogP contribution in [-0.4, -0.2) is 22.0 Å². The Morgan fingerprint density at radius 1 is 0.659 bits per heavy atom. The Morgan fingerprint density at radius 2 is 1.16 bits per heavy atom. The monoisotopic (exact) mass is 634 g/mol. The lowest BCUT2D eigenvalue weighted by atomic mass is 10.1. The van der Waals surface area contributed by atoms with E-state index >= 15 is 0 Å². The number of thioether (sulfide) groups is 2. The molecule has 4 aromatic carbocycles. The highest BCUT2D eigenvalue weighted by molar-refractivity contribution is 8.09. The number of nitrogens with one attached hydrogen (secondary N) is 2. The second-order valence-corrected chi connectivity index (χ2v) is 12.1. The summed E-state index contributed by atoms with van der Waals surface area (Å²) in [6, 6.07) is 37.2. The zero-order valence-electron chi connectivity index (χ0n) is 24.6. The Labute approximate surface area is 270 Å². The van der Waals surface area contributed by atoms with E-state index in [1.54, 1.807) is 6.92 Å². The number of ketones is 1. The van der Waals surface area contributed by atoms with E-state index in [1.807, 2.05) is 129 Å². The third-order valence-corrected chi connectivity index (χ3v) is 9.35. The lowest BCUT2D eigenvalue weighted by molar-refractivity contribution is -0.111. The fourth-order valence-electron chi connectivity index (χ4n) is 4.95. The highest BCUT2D eigenvalue weighted by atomic mass is 35.5. The fourth-order valence-corrected chi connectivity index (χ4v) is 6.96. The average Bonchev–Trinajstić information content (AvgIpc) is 3.64. The van der Waals surface area contributed by atoms with Crippen LogP contribution in [0, 0.1) is 0 Å². The first-order chi connectivity index (χ1) is 21.5. The molecule has 44 heavy (non-hydrogen) atoms. The van der Waals surface area contributed by atoms with E-state index in [2.05, 4.69) is 9.97 Å². The van der Waals surface area contributed by atoms with Crippen molar-refractivity contribution in [1.29, 1.82) is 0 Å². The van der Waals surface area contributed by atoms with Gasteiger partial charge < -0.3 is 9.97 Å². The summed E-state index contributed by atoms with van der Waals surface area (Å²) in [4.78, 5) is 36.2. The smallest absolute Gasteiger partial charge is 0.168 e. The maximum absolute atomic E-state index is 13.3. The fraction of sp³-hybridized carbons (Fsp3) is 0.0811. The number of carbonyl (C=O) groups is 2. The SMILES string of the molecule is CC.CC(=O)/C(Sc1ccccc1)=c1/[nH]c(-c2ccccc2)c2/c(=C(\C=O)Sc3ccccc3)[nH]c(-c3ccccc3Cl)c12.